The maximum atomic E-state index is 12.8. The standard InChI is InChI=1S/C21H31N3O2/c1-2-19-16-23(21(26)17-22-12-7-4-8-13-22)14-11-20(25)24(19)15-18-9-5-3-6-10-18/h3,5-6,9-10,19H,2,4,7-8,11-17H2,1H3. The van der Waals surface area contributed by atoms with Crippen molar-refractivity contribution >= 4 is 11.8 Å². The third-order valence-electron chi connectivity index (χ3n) is 5.62. The van der Waals surface area contributed by atoms with Crippen LogP contribution in [0.3, 0.4) is 0 Å². The summed E-state index contributed by atoms with van der Waals surface area (Å²) in [4.78, 5) is 31.7. The number of hydrogen-bond acceptors (Lipinski definition) is 3. The maximum Gasteiger partial charge on any atom is 0.236 e. The predicted molar refractivity (Wildman–Crippen MR) is 103 cm³/mol. The minimum absolute atomic E-state index is 0.0931. The minimum Gasteiger partial charge on any atom is -0.339 e. The number of hydrogen-bond donors (Lipinski definition) is 0. The summed E-state index contributed by atoms with van der Waals surface area (Å²) in [6, 6.07) is 10.2. The molecule has 0 aromatic heterocycles. The quantitative estimate of drug-likeness (QED) is 0.813. The number of amides is 2. The van der Waals surface area contributed by atoms with E-state index in [1.165, 1.54) is 19.3 Å². The molecule has 0 aliphatic carbocycles. The van der Waals surface area contributed by atoms with Gasteiger partial charge in [0.05, 0.1) is 6.54 Å². The fourth-order valence-corrected chi connectivity index (χ4v) is 4.00. The number of rotatable bonds is 5. The van der Waals surface area contributed by atoms with Crippen LogP contribution in [0.5, 0.6) is 0 Å². The average molecular weight is 357 g/mol. The molecule has 26 heavy (non-hydrogen) atoms. The fourth-order valence-electron chi connectivity index (χ4n) is 4.00. The molecule has 2 fully saturated rings. The Kier molecular flexibility index (Phi) is 6.67. The van der Waals surface area contributed by atoms with Crippen molar-refractivity contribution in [1.29, 1.82) is 0 Å². The smallest absolute Gasteiger partial charge is 0.236 e. The molecule has 1 atom stereocenters. The largest absolute Gasteiger partial charge is 0.339 e. The summed E-state index contributed by atoms with van der Waals surface area (Å²) in [7, 11) is 0. The van der Waals surface area contributed by atoms with Crippen molar-refractivity contribution in [3.05, 3.63) is 35.9 Å². The first-order valence-corrected chi connectivity index (χ1v) is 10.0. The number of nitrogens with zero attached hydrogens (tertiary/aromatic N) is 3. The fraction of sp³-hybridized carbons (Fsp3) is 0.619. The van der Waals surface area contributed by atoms with Gasteiger partial charge < -0.3 is 9.80 Å². The van der Waals surface area contributed by atoms with Gasteiger partial charge in [-0.2, -0.15) is 0 Å². The van der Waals surface area contributed by atoms with Crippen LogP contribution in [-0.4, -0.2) is 65.3 Å². The van der Waals surface area contributed by atoms with Gasteiger partial charge in [-0.05, 0) is 37.9 Å². The molecule has 2 heterocycles. The van der Waals surface area contributed by atoms with Gasteiger partial charge in [0, 0.05) is 32.1 Å². The van der Waals surface area contributed by atoms with E-state index in [0.29, 0.717) is 32.6 Å². The molecule has 2 aliphatic rings. The van der Waals surface area contributed by atoms with Crippen molar-refractivity contribution in [3.63, 3.8) is 0 Å². The highest BCUT2D eigenvalue weighted by Crippen LogP contribution is 2.18. The van der Waals surface area contributed by atoms with Gasteiger partial charge >= 0.3 is 0 Å². The highest BCUT2D eigenvalue weighted by molar-refractivity contribution is 5.81. The molecule has 0 radical (unpaired) electrons. The summed E-state index contributed by atoms with van der Waals surface area (Å²) < 4.78 is 0. The molecule has 5 nitrogen and oxygen atoms in total. The van der Waals surface area contributed by atoms with Crippen molar-refractivity contribution in [1.82, 2.24) is 14.7 Å². The van der Waals surface area contributed by atoms with Crippen LogP contribution in [0.25, 0.3) is 0 Å². The van der Waals surface area contributed by atoms with Gasteiger partial charge in [-0.3, -0.25) is 14.5 Å². The van der Waals surface area contributed by atoms with Crippen LogP contribution in [0.2, 0.25) is 0 Å². The Balaban J connectivity index is 1.64. The lowest BCUT2D eigenvalue weighted by Gasteiger charge is -2.33. The van der Waals surface area contributed by atoms with E-state index in [4.69, 9.17) is 0 Å². The number of carbonyl (C=O) groups is 2. The zero-order chi connectivity index (χ0) is 18.4. The molecule has 1 aromatic rings. The second kappa shape index (κ2) is 9.17. The number of piperidine rings is 1. The number of benzene rings is 1. The first-order chi connectivity index (χ1) is 12.7. The van der Waals surface area contributed by atoms with Crippen molar-refractivity contribution < 1.29 is 9.59 Å². The Bertz CT molecular complexity index is 599. The molecule has 0 saturated carbocycles. The van der Waals surface area contributed by atoms with Crippen molar-refractivity contribution in [2.45, 2.75) is 51.6 Å². The van der Waals surface area contributed by atoms with E-state index in [1.807, 2.05) is 28.0 Å². The summed E-state index contributed by atoms with van der Waals surface area (Å²) in [6.45, 7) is 6.49. The number of likely N-dealkylation sites (tertiary alicyclic amines) is 1. The molecular formula is C21H31N3O2. The second-order valence-electron chi connectivity index (χ2n) is 7.50. The monoisotopic (exact) mass is 357 g/mol. The highest BCUT2D eigenvalue weighted by Gasteiger charge is 2.31. The minimum atomic E-state index is 0.0931. The van der Waals surface area contributed by atoms with Crippen molar-refractivity contribution in [2.24, 2.45) is 0 Å². The third-order valence-corrected chi connectivity index (χ3v) is 5.62. The van der Waals surface area contributed by atoms with E-state index in [2.05, 4.69) is 24.0 Å². The molecule has 2 aliphatic heterocycles. The van der Waals surface area contributed by atoms with Crippen LogP contribution in [0.1, 0.15) is 44.6 Å². The van der Waals surface area contributed by atoms with Crippen LogP contribution >= 0.6 is 0 Å². The molecular weight excluding hydrogens is 326 g/mol. The lowest BCUT2D eigenvalue weighted by molar-refractivity contribution is -0.134. The lowest BCUT2D eigenvalue weighted by atomic mass is 10.1. The third kappa shape index (κ3) is 4.85. The van der Waals surface area contributed by atoms with E-state index in [-0.39, 0.29) is 17.9 Å². The van der Waals surface area contributed by atoms with E-state index in [0.717, 1.165) is 25.1 Å². The summed E-state index contributed by atoms with van der Waals surface area (Å²) in [5.41, 5.74) is 1.15. The molecule has 142 valence electrons. The van der Waals surface area contributed by atoms with Gasteiger partial charge in [0.1, 0.15) is 0 Å². The summed E-state index contributed by atoms with van der Waals surface area (Å²) in [5.74, 6) is 0.341. The molecule has 0 bridgehead atoms. The Hall–Kier alpha value is -1.88. The second-order valence-corrected chi connectivity index (χ2v) is 7.50. The van der Waals surface area contributed by atoms with Gasteiger partial charge in [-0.1, -0.05) is 43.7 Å². The van der Waals surface area contributed by atoms with Crippen molar-refractivity contribution in [3.8, 4) is 0 Å². The molecule has 5 heteroatoms. The van der Waals surface area contributed by atoms with E-state index in [1.54, 1.807) is 0 Å². The van der Waals surface area contributed by atoms with Gasteiger partial charge in [0.2, 0.25) is 11.8 Å². The zero-order valence-corrected chi connectivity index (χ0v) is 15.9. The molecule has 1 unspecified atom stereocenters. The topological polar surface area (TPSA) is 43.9 Å². The number of carbonyl (C=O) groups excluding carboxylic acids is 2. The van der Waals surface area contributed by atoms with Gasteiger partial charge in [-0.15, -0.1) is 0 Å². The molecule has 0 N–H and O–H groups in total. The maximum absolute atomic E-state index is 12.8. The Morgan fingerprint density at radius 2 is 1.81 bits per heavy atom. The predicted octanol–water partition coefficient (Wildman–Crippen LogP) is 2.51. The Morgan fingerprint density at radius 1 is 1.08 bits per heavy atom. The molecule has 1 aromatic carbocycles. The SMILES string of the molecule is CCC1CN(C(=O)CN2CCCCC2)CCC(=O)N1Cc1ccccc1. The van der Waals surface area contributed by atoms with Crippen LogP contribution < -0.4 is 0 Å². The van der Waals surface area contributed by atoms with E-state index >= 15 is 0 Å². The first kappa shape index (κ1) is 18.9. The molecule has 2 amide bonds. The zero-order valence-electron chi connectivity index (χ0n) is 15.9. The van der Waals surface area contributed by atoms with Crippen molar-refractivity contribution in [2.75, 3.05) is 32.7 Å². The van der Waals surface area contributed by atoms with Gasteiger partial charge in [0.15, 0.2) is 0 Å². The Morgan fingerprint density at radius 3 is 2.50 bits per heavy atom. The van der Waals surface area contributed by atoms with Gasteiger partial charge in [-0.25, -0.2) is 0 Å². The van der Waals surface area contributed by atoms with Crippen LogP contribution in [0.4, 0.5) is 0 Å². The lowest BCUT2D eigenvalue weighted by Crippen LogP contribution is -2.47. The molecule has 3 rings (SSSR count). The van der Waals surface area contributed by atoms with Crippen LogP contribution in [0, 0.1) is 0 Å². The summed E-state index contributed by atoms with van der Waals surface area (Å²) >= 11 is 0. The van der Waals surface area contributed by atoms with Crippen LogP contribution in [0.15, 0.2) is 30.3 Å². The van der Waals surface area contributed by atoms with E-state index in [9.17, 15) is 9.59 Å². The normalized spacial score (nSPS) is 22.3. The summed E-state index contributed by atoms with van der Waals surface area (Å²) in [5, 5.41) is 0. The molecule has 0 spiro atoms. The average Bonchev–Trinajstić information content (AvgIpc) is 2.83. The molecule has 2 saturated heterocycles. The first-order valence-electron chi connectivity index (χ1n) is 10.0. The summed E-state index contributed by atoms with van der Waals surface area (Å²) in [6.07, 6.45) is 4.94. The van der Waals surface area contributed by atoms with Crippen LogP contribution in [-0.2, 0) is 16.1 Å². The Labute approximate surface area is 156 Å². The van der Waals surface area contributed by atoms with E-state index < -0.39 is 0 Å². The highest BCUT2D eigenvalue weighted by atomic mass is 16.2. The van der Waals surface area contributed by atoms with Gasteiger partial charge in [0.25, 0.3) is 0 Å².